The Morgan fingerprint density at radius 1 is 1.16 bits per heavy atom. The molecule has 0 spiro atoms. The Morgan fingerprint density at radius 2 is 1.88 bits per heavy atom. The molecular formula is C22H20F3N3O3S. The largest absolute Gasteiger partial charge is 0.573 e. The molecule has 32 heavy (non-hydrogen) atoms. The van der Waals surface area contributed by atoms with E-state index in [9.17, 15) is 22.8 Å². The van der Waals surface area contributed by atoms with Gasteiger partial charge in [0.2, 0.25) is 11.8 Å². The van der Waals surface area contributed by atoms with Crippen molar-refractivity contribution >= 4 is 28.8 Å². The molecule has 0 aliphatic rings. The highest BCUT2D eigenvalue weighted by molar-refractivity contribution is 7.13. The summed E-state index contributed by atoms with van der Waals surface area (Å²) in [5.41, 5.74) is 2.99. The lowest BCUT2D eigenvalue weighted by Gasteiger charge is -2.16. The Kier molecular flexibility index (Phi) is 7.14. The van der Waals surface area contributed by atoms with Crippen LogP contribution in [0.4, 0.5) is 18.9 Å². The van der Waals surface area contributed by atoms with Crippen LogP contribution in [0.25, 0.3) is 10.6 Å². The third-order valence-electron chi connectivity index (χ3n) is 4.33. The Balaban J connectivity index is 1.51. The van der Waals surface area contributed by atoms with Gasteiger partial charge in [-0.05, 0) is 37.3 Å². The standard InChI is InChI=1S/C22H20F3N3O3S/c1-14-4-3-5-15(10-14)21-27-17(13-32-21)11-20(30)28(2)12-19(29)26-16-6-8-18(9-7-16)31-22(23,24)25/h3-10,13H,11-12H2,1-2H3,(H,26,29). The minimum atomic E-state index is -4.79. The van der Waals surface area contributed by atoms with Crippen molar-refractivity contribution < 1.29 is 27.5 Å². The molecular weight excluding hydrogens is 443 g/mol. The number of hydrogen-bond acceptors (Lipinski definition) is 5. The molecule has 0 saturated carbocycles. The van der Waals surface area contributed by atoms with Crippen molar-refractivity contribution in [3.05, 3.63) is 65.2 Å². The topological polar surface area (TPSA) is 71.5 Å². The lowest BCUT2D eigenvalue weighted by molar-refractivity contribution is -0.274. The molecule has 0 unspecified atom stereocenters. The van der Waals surface area contributed by atoms with Crippen molar-refractivity contribution in [3.63, 3.8) is 0 Å². The van der Waals surface area contributed by atoms with Crippen molar-refractivity contribution in [2.75, 3.05) is 18.9 Å². The number of anilines is 1. The molecule has 0 radical (unpaired) electrons. The van der Waals surface area contributed by atoms with Crippen molar-refractivity contribution in [2.24, 2.45) is 0 Å². The van der Waals surface area contributed by atoms with Gasteiger partial charge in [-0.1, -0.05) is 23.8 Å². The monoisotopic (exact) mass is 463 g/mol. The summed E-state index contributed by atoms with van der Waals surface area (Å²) < 4.78 is 40.4. The lowest BCUT2D eigenvalue weighted by atomic mass is 10.1. The molecule has 0 aliphatic carbocycles. The zero-order chi connectivity index (χ0) is 23.3. The van der Waals surface area contributed by atoms with Gasteiger partial charge in [-0.2, -0.15) is 0 Å². The van der Waals surface area contributed by atoms with E-state index in [1.54, 1.807) is 0 Å². The minimum absolute atomic E-state index is 0.0512. The fourth-order valence-electron chi connectivity index (χ4n) is 2.83. The number of thiazole rings is 1. The van der Waals surface area contributed by atoms with Gasteiger partial charge in [0.15, 0.2) is 0 Å². The van der Waals surface area contributed by atoms with Gasteiger partial charge in [-0.3, -0.25) is 9.59 Å². The number of hydrogen-bond donors (Lipinski definition) is 1. The average molecular weight is 463 g/mol. The van der Waals surface area contributed by atoms with E-state index in [0.717, 1.165) is 28.3 Å². The molecule has 168 valence electrons. The smallest absolute Gasteiger partial charge is 0.406 e. The summed E-state index contributed by atoms with van der Waals surface area (Å²) in [5, 5.41) is 5.16. The Hall–Kier alpha value is -3.40. The maximum atomic E-state index is 12.5. The molecule has 1 heterocycles. The third kappa shape index (κ3) is 6.81. The summed E-state index contributed by atoms with van der Waals surface area (Å²) in [6.07, 6.45) is -4.73. The van der Waals surface area contributed by atoms with E-state index >= 15 is 0 Å². The molecule has 3 rings (SSSR count). The molecule has 0 bridgehead atoms. The second kappa shape index (κ2) is 9.82. The molecule has 6 nitrogen and oxygen atoms in total. The van der Waals surface area contributed by atoms with Crippen LogP contribution in [0.5, 0.6) is 5.75 Å². The van der Waals surface area contributed by atoms with Crippen LogP contribution in [0.2, 0.25) is 0 Å². The predicted octanol–water partition coefficient (Wildman–Crippen LogP) is 4.66. The lowest BCUT2D eigenvalue weighted by Crippen LogP contribution is -2.35. The summed E-state index contributed by atoms with van der Waals surface area (Å²) in [6.45, 7) is 1.78. The number of aryl methyl sites for hydroxylation is 1. The van der Waals surface area contributed by atoms with Gasteiger partial charge in [-0.25, -0.2) is 4.98 Å². The van der Waals surface area contributed by atoms with E-state index in [1.807, 2.05) is 36.6 Å². The average Bonchev–Trinajstić information content (AvgIpc) is 3.17. The Labute approximate surface area is 186 Å². The summed E-state index contributed by atoms with van der Waals surface area (Å²) in [4.78, 5) is 30.4. The van der Waals surface area contributed by atoms with Gasteiger partial charge in [0.1, 0.15) is 10.8 Å². The van der Waals surface area contributed by atoms with Crippen LogP contribution in [0.1, 0.15) is 11.3 Å². The number of nitrogens with zero attached hydrogens (tertiary/aromatic N) is 2. The van der Waals surface area contributed by atoms with Crippen LogP contribution in [-0.4, -0.2) is 41.7 Å². The van der Waals surface area contributed by atoms with Crippen molar-refractivity contribution in [1.82, 2.24) is 9.88 Å². The number of aromatic nitrogens is 1. The number of halogens is 3. The molecule has 2 aromatic carbocycles. The molecule has 1 aromatic heterocycles. The van der Waals surface area contributed by atoms with E-state index in [1.165, 1.54) is 35.4 Å². The number of alkyl halides is 3. The number of likely N-dealkylation sites (N-methyl/N-ethyl adjacent to an activating group) is 1. The first-order valence-electron chi connectivity index (χ1n) is 9.50. The van der Waals surface area contributed by atoms with E-state index in [0.29, 0.717) is 5.69 Å². The van der Waals surface area contributed by atoms with Gasteiger partial charge in [0.05, 0.1) is 18.7 Å². The SMILES string of the molecule is Cc1cccc(-c2nc(CC(=O)N(C)CC(=O)Nc3ccc(OC(F)(F)F)cc3)cs2)c1. The molecule has 3 aromatic rings. The highest BCUT2D eigenvalue weighted by Gasteiger charge is 2.31. The van der Waals surface area contributed by atoms with Gasteiger partial charge < -0.3 is 15.0 Å². The zero-order valence-electron chi connectivity index (χ0n) is 17.3. The Morgan fingerprint density at radius 3 is 2.53 bits per heavy atom. The summed E-state index contributed by atoms with van der Waals surface area (Å²) in [6, 6.07) is 12.6. The fraction of sp³-hybridized carbons (Fsp3) is 0.227. The van der Waals surface area contributed by atoms with Crippen LogP contribution in [0.15, 0.2) is 53.9 Å². The maximum absolute atomic E-state index is 12.5. The van der Waals surface area contributed by atoms with Crippen LogP contribution in [0.3, 0.4) is 0 Å². The summed E-state index contributed by atoms with van der Waals surface area (Å²) in [5.74, 6) is -1.16. The van der Waals surface area contributed by atoms with E-state index in [-0.39, 0.29) is 24.6 Å². The molecule has 2 amide bonds. The van der Waals surface area contributed by atoms with Gasteiger partial charge in [0.25, 0.3) is 0 Å². The van der Waals surface area contributed by atoms with Crippen LogP contribution in [-0.2, 0) is 16.0 Å². The van der Waals surface area contributed by atoms with E-state index in [2.05, 4.69) is 15.0 Å². The van der Waals surface area contributed by atoms with Crippen molar-refractivity contribution in [3.8, 4) is 16.3 Å². The quantitative estimate of drug-likeness (QED) is 0.554. The third-order valence-corrected chi connectivity index (χ3v) is 5.27. The van der Waals surface area contributed by atoms with Crippen molar-refractivity contribution in [1.29, 1.82) is 0 Å². The van der Waals surface area contributed by atoms with Crippen LogP contribution >= 0.6 is 11.3 Å². The van der Waals surface area contributed by atoms with Crippen molar-refractivity contribution in [2.45, 2.75) is 19.7 Å². The second-order valence-corrected chi connectivity index (χ2v) is 7.92. The first kappa shape index (κ1) is 23.3. The van der Waals surface area contributed by atoms with E-state index in [4.69, 9.17) is 0 Å². The molecule has 0 atom stereocenters. The van der Waals surface area contributed by atoms with Crippen LogP contribution < -0.4 is 10.1 Å². The molecule has 0 aliphatic heterocycles. The highest BCUT2D eigenvalue weighted by Crippen LogP contribution is 2.25. The molecule has 0 fully saturated rings. The number of benzene rings is 2. The summed E-state index contributed by atoms with van der Waals surface area (Å²) >= 11 is 1.44. The number of amides is 2. The van der Waals surface area contributed by atoms with Crippen LogP contribution in [0, 0.1) is 6.92 Å². The van der Waals surface area contributed by atoms with E-state index < -0.39 is 18.0 Å². The molecule has 0 saturated heterocycles. The van der Waals surface area contributed by atoms with Gasteiger partial charge in [0, 0.05) is 23.7 Å². The number of nitrogens with one attached hydrogen (secondary N) is 1. The van der Waals surface area contributed by atoms with Gasteiger partial charge >= 0.3 is 6.36 Å². The maximum Gasteiger partial charge on any atom is 0.573 e. The molecule has 1 N–H and O–H groups in total. The normalized spacial score (nSPS) is 11.2. The predicted molar refractivity (Wildman–Crippen MR) is 115 cm³/mol. The number of rotatable bonds is 7. The Bertz CT molecular complexity index is 1100. The minimum Gasteiger partial charge on any atom is -0.406 e. The molecule has 10 heteroatoms. The van der Waals surface area contributed by atoms with Gasteiger partial charge in [-0.15, -0.1) is 24.5 Å². The first-order chi connectivity index (χ1) is 15.1. The number of ether oxygens (including phenoxy) is 1. The zero-order valence-corrected chi connectivity index (χ0v) is 18.1. The number of carbonyl (C=O) groups excluding carboxylic acids is 2. The highest BCUT2D eigenvalue weighted by atomic mass is 32.1. The number of carbonyl (C=O) groups is 2. The first-order valence-corrected chi connectivity index (χ1v) is 10.4. The summed E-state index contributed by atoms with van der Waals surface area (Å²) in [7, 11) is 1.50. The second-order valence-electron chi connectivity index (χ2n) is 7.06. The fourth-order valence-corrected chi connectivity index (χ4v) is 3.65.